The summed E-state index contributed by atoms with van der Waals surface area (Å²) in [5.74, 6) is -0.578. The molecule has 0 saturated carbocycles. The molecule has 1 aliphatic rings. The number of carbonyl (C=O) groups is 1. The van der Waals surface area contributed by atoms with Crippen LogP contribution in [0.4, 0.5) is 10.8 Å². The number of hydrogen-bond acceptors (Lipinski definition) is 7. The van der Waals surface area contributed by atoms with Crippen LogP contribution in [0.3, 0.4) is 0 Å². The van der Waals surface area contributed by atoms with Gasteiger partial charge in [0, 0.05) is 28.7 Å². The molecule has 10 heteroatoms. The van der Waals surface area contributed by atoms with Crippen molar-refractivity contribution in [3.8, 4) is 0 Å². The van der Waals surface area contributed by atoms with Gasteiger partial charge in [-0.05, 0) is 35.9 Å². The average molecular weight is 440 g/mol. The van der Waals surface area contributed by atoms with Crippen LogP contribution in [0.15, 0.2) is 63.3 Å². The lowest BCUT2D eigenvalue weighted by Gasteiger charge is -2.22. The van der Waals surface area contributed by atoms with Gasteiger partial charge in [0.15, 0.2) is 10.6 Å². The molecule has 8 nitrogen and oxygen atoms in total. The molecular formula is C20H10ClN3O5S. The molecule has 3 heterocycles. The number of amides is 1. The fourth-order valence-electron chi connectivity index (χ4n) is 3.57. The number of non-ortho nitro benzene ring substituents is 1. The zero-order valence-electron chi connectivity index (χ0n) is 14.9. The van der Waals surface area contributed by atoms with Gasteiger partial charge in [-0.1, -0.05) is 11.6 Å². The normalized spacial score (nSPS) is 15.6. The first-order valence-electron chi connectivity index (χ1n) is 8.69. The Morgan fingerprint density at radius 2 is 1.93 bits per heavy atom. The summed E-state index contributed by atoms with van der Waals surface area (Å²) in [7, 11) is 0. The first kappa shape index (κ1) is 18.5. The Hall–Kier alpha value is -3.56. The largest absolute Gasteiger partial charge is 0.450 e. The van der Waals surface area contributed by atoms with Gasteiger partial charge < -0.3 is 4.42 Å². The minimum atomic E-state index is -0.834. The van der Waals surface area contributed by atoms with E-state index in [1.165, 1.54) is 46.6 Å². The van der Waals surface area contributed by atoms with E-state index >= 15 is 0 Å². The molecule has 1 aliphatic heterocycles. The van der Waals surface area contributed by atoms with E-state index in [1.54, 1.807) is 23.7 Å². The lowest BCUT2D eigenvalue weighted by atomic mass is 9.98. The van der Waals surface area contributed by atoms with Crippen LogP contribution in [0, 0.1) is 10.1 Å². The maximum Gasteiger partial charge on any atom is 0.297 e. The molecule has 0 fully saturated rings. The van der Waals surface area contributed by atoms with Crippen molar-refractivity contribution in [2.45, 2.75) is 6.04 Å². The quantitative estimate of drug-likeness (QED) is 0.342. The van der Waals surface area contributed by atoms with Crippen LogP contribution in [0.25, 0.3) is 11.0 Å². The van der Waals surface area contributed by atoms with E-state index in [0.717, 1.165) is 0 Å². The lowest BCUT2D eigenvalue weighted by Crippen LogP contribution is -2.29. The Morgan fingerprint density at radius 1 is 1.17 bits per heavy atom. The van der Waals surface area contributed by atoms with Gasteiger partial charge in [-0.3, -0.25) is 24.6 Å². The van der Waals surface area contributed by atoms with Crippen molar-refractivity contribution >= 4 is 50.6 Å². The predicted octanol–water partition coefficient (Wildman–Crippen LogP) is 4.56. The van der Waals surface area contributed by atoms with E-state index in [9.17, 15) is 19.7 Å². The predicted molar refractivity (Wildman–Crippen MR) is 111 cm³/mol. The molecule has 1 amide bonds. The second kappa shape index (κ2) is 6.75. The summed E-state index contributed by atoms with van der Waals surface area (Å²) in [6, 6.07) is 9.48. The Kier molecular flexibility index (Phi) is 4.16. The van der Waals surface area contributed by atoms with Gasteiger partial charge in [-0.2, -0.15) is 0 Å². The second-order valence-corrected chi connectivity index (χ2v) is 7.86. The number of anilines is 1. The van der Waals surface area contributed by atoms with Crippen molar-refractivity contribution in [1.82, 2.24) is 4.98 Å². The number of nitro groups is 1. The fourth-order valence-corrected chi connectivity index (χ4v) is 4.41. The molecule has 0 radical (unpaired) electrons. The van der Waals surface area contributed by atoms with Crippen LogP contribution in [0.1, 0.15) is 27.7 Å². The van der Waals surface area contributed by atoms with E-state index in [4.69, 9.17) is 16.0 Å². The van der Waals surface area contributed by atoms with E-state index in [1.807, 2.05) is 0 Å². The average Bonchev–Trinajstić information content (AvgIpc) is 3.35. The van der Waals surface area contributed by atoms with Crippen LogP contribution in [0.5, 0.6) is 0 Å². The highest BCUT2D eigenvalue weighted by molar-refractivity contribution is 7.13. The van der Waals surface area contributed by atoms with Gasteiger partial charge in [0.2, 0.25) is 5.76 Å². The highest BCUT2D eigenvalue weighted by atomic mass is 35.5. The zero-order valence-corrected chi connectivity index (χ0v) is 16.5. The molecule has 1 atom stereocenters. The van der Waals surface area contributed by atoms with Gasteiger partial charge in [0.05, 0.1) is 21.9 Å². The van der Waals surface area contributed by atoms with Crippen LogP contribution in [-0.4, -0.2) is 15.8 Å². The number of nitro benzene ring substituents is 1. The van der Waals surface area contributed by atoms with Crippen molar-refractivity contribution in [2.75, 3.05) is 4.90 Å². The molecule has 2 aromatic carbocycles. The Labute approximate surface area is 177 Å². The van der Waals surface area contributed by atoms with Crippen molar-refractivity contribution in [3.05, 3.63) is 96.3 Å². The molecule has 30 heavy (non-hydrogen) atoms. The van der Waals surface area contributed by atoms with E-state index in [0.29, 0.717) is 15.7 Å². The molecule has 2 aromatic heterocycles. The number of carbonyl (C=O) groups excluding carboxylic acids is 1. The summed E-state index contributed by atoms with van der Waals surface area (Å²) < 4.78 is 5.81. The Bertz CT molecular complexity index is 1380. The monoisotopic (exact) mass is 439 g/mol. The molecule has 0 aliphatic carbocycles. The van der Waals surface area contributed by atoms with Gasteiger partial charge >= 0.3 is 0 Å². The molecule has 0 bridgehead atoms. The van der Waals surface area contributed by atoms with Crippen molar-refractivity contribution in [3.63, 3.8) is 0 Å². The van der Waals surface area contributed by atoms with E-state index in [2.05, 4.69) is 4.98 Å². The van der Waals surface area contributed by atoms with Crippen LogP contribution < -0.4 is 10.3 Å². The molecule has 0 N–H and O–H groups in total. The number of hydrogen-bond donors (Lipinski definition) is 0. The van der Waals surface area contributed by atoms with Gasteiger partial charge in [0.1, 0.15) is 5.58 Å². The number of benzene rings is 2. The zero-order chi connectivity index (χ0) is 21.0. The number of halogens is 1. The number of rotatable bonds is 3. The first-order chi connectivity index (χ1) is 14.5. The smallest absolute Gasteiger partial charge is 0.297 e. The van der Waals surface area contributed by atoms with Gasteiger partial charge in [-0.15, -0.1) is 11.3 Å². The summed E-state index contributed by atoms with van der Waals surface area (Å²) in [5, 5.41) is 13.7. The Balaban J connectivity index is 1.79. The fraction of sp³-hybridized carbons (Fsp3) is 0.0500. The highest BCUT2D eigenvalue weighted by Crippen LogP contribution is 2.42. The van der Waals surface area contributed by atoms with Crippen molar-refractivity contribution in [1.29, 1.82) is 0 Å². The van der Waals surface area contributed by atoms with Crippen molar-refractivity contribution in [2.24, 2.45) is 0 Å². The molecule has 0 spiro atoms. The number of nitrogens with zero attached hydrogens (tertiary/aromatic N) is 3. The van der Waals surface area contributed by atoms with Crippen LogP contribution in [0.2, 0.25) is 5.02 Å². The number of aromatic nitrogens is 1. The van der Waals surface area contributed by atoms with Crippen LogP contribution in [-0.2, 0) is 0 Å². The van der Waals surface area contributed by atoms with E-state index in [-0.39, 0.29) is 33.4 Å². The number of thiazole rings is 1. The van der Waals surface area contributed by atoms with Gasteiger partial charge in [0.25, 0.3) is 11.6 Å². The number of fused-ring (bicyclic) bond motifs is 2. The third-order valence-corrected chi connectivity index (χ3v) is 5.88. The SMILES string of the molecule is O=C1c2oc3ccc(Cl)cc3c(=O)c2C(c2ccc([N+](=O)[O-])cc2)N1c1nccs1. The summed E-state index contributed by atoms with van der Waals surface area (Å²) in [4.78, 5) is 42.7. The van der Waals surface area contributed by atoms with Crippen LogP contribution >= 0.6 is 22.9 Å². The lowest BCUT2D eigenvalue weighted by molar-refractivity contribution is -0.384. The molecule has 5 rings (SSSR count). The van der Waals surface area contributed by atoms with E-state index < -0.39 is 16.9 Å². The topological polar surface area (TPSA) is 107 Å². The Morgan fingerprint density at radius 3 is 2.60 bits per heavy atom. The summed E-state index contributed by atoms with van der Waals surface area (Å²) in [5.41, 5.74) is 0.446. The molecule has 148 valence electrons. The maximum absolute atomic E-state index is 13.4. The summed E-state index contributed by atoms with van der Waals surface area (Å²) >= 11 is 7.29. The maximum atomic E-state index is 13.4. The summed E-state index contributed by atoms with van der Waals surface area (Å²) in [6.07, 6.45) is 1.55. The first-order valence-corrected chi connectivity index (χ1v) is 9.95. The minimum Gasteiger partial charge on any atom is -0.450 e. The van der Waals surface area contributed by atoms with Crippen molar-refractivity contribution < 1.29 is 14.1 Å². The molecular weight excluding hydrogens is 430 g/mol. The molecule has 1 unspecified atom stereocenters. The third-order valence-electron chi connectivity index (χ3n) is 4.88. The summed E-state index contributed by atoms with van der Waals surface area (Å²) in [6.45, 7) is 0. The second-order valence-electron chi connectivity index (χ2n) is 6.56. The minimum absolute atomic E-state index is 0.0756. The highest BCUT2D eigenvalue weighted by Gasteiger charge is 2.44. The molecule has 0 saturated heterocycles. The van der Waals surface area contributed by atoms with Gasteiger partial charge in [-0.25, -0.2) is 4.98 Å². The standard InChI is InChI=1S/C20H10ClN3O5S/c21-11-3-6-14-13(9-11)17(25)15-16(10-1-4-12(5-2-10)24(27)28)23(19(26)18(15)29-14)20-22-7-8-30-20/h1-9,16H. The molecule has 4 aromatic rings. The third kappa shape index (κ3) is 2.71.